The highest BCUT2D eigenvalue weighted by atomic mass is 16.3. The highest BCUT2D eigenvalue weighted by molar-refractivity contribution is 5.04. The van der Waals surface area contributed by atoms with Crippen LogP contribution in [-0.2, 0) is 0 Å². The average molecular weight is 137 g/mol. The largest absolute Gasteiger partial charge is 0.370 e. The molecule has 0 aromatic rings. The Morgan fingerprint density at radius 3 is 2.60 bits per heavy atom. The van der Waals surface area contributed by atoms with E-state index in [4.69, 9.17) is 0 Å². The van der Waals surface area contributed by atoms with E-state index >= 15 is 0 Å². The third-order valence-electron chi connectivity index (χ3n) is 1.34. The maximum atomic E-state index is 9.19. The predicted octanol–water partition coefficient (Wildman–Crippen LogP) is 1.22. The molecule has 0 fully saturated rings. The zero-order valence-electron chi connectivity index (χ0n) is 5.77. The molecule has 0 aliphatic carbocycles. The van der Waals surface area contributed by atoms with Crippen molar-refractivity contribution in [1.29, 1.82) is 0 Å². The van der Waals surface area contributed by atoms with E-state index in [-0.39, 0.29) is 0 Å². The third kappa shape index (κ3) is 1.48. The molecule has 0 radical (unpaired) electrons. The number of hydrogen-bond donors (Lipinski definition) is 1. The number of rotatable bonds is 2. The second-order valence-electron chi connectivity index (χ2n) is 2.10. The van der Waals surface area contributed by atoms with Crippen molar-refractivity contribution < 1.29 is 5.11 Å². The Balaban J connectivity index is 2.54. The van der Waals surface area contributed by atoms with Gasteiger partial charge in [-0.1, -0.05) is 18.7 Å². The molecule has 0 spiro atoms. The van der Waals surface area contributed by atoms with Crippen molar-refractivity contribution in [3.05, 3.63) is 37.2 Å². The van der Waals surface area contributed by atoms with Crippen LogP contribution in [0, 0.1) is 0 Å². The van der Waals surface area contributed by atoms with Crippen molar-refractivity contribution in [3.63, 3.8) is 0 Å². The van der Waals surface area contributed by atoms with Gasteiger partial charge in [-0.25, -0.2) is 0 Å². The summed E-state index contributed by atoms with van der Waals surface area (Å²) in [5.74, 6) is 0. The molecule has 1 unspecified atom stereocenters. The minimum Gasteiger partial charge on any atom is -0.370 e. The van der Waals surface area contributed by atoms with Gasteiger partial charge >= 0.3 is 0 Å². The van der Waals surface area contributed by atoms with E-state index < -0.39 is 6.23 Å². The summed E-state index contributed by atoms with van der Waals surface area (Å²) in [5, 5.41) is 9.19. The van der Waals surface area contributed by atoms with Crippen LogP contribution in [0.3, 0.4) is 0 Å². The molecular weight excluding hydrogens is 126 g/mol. The number of aliphatic hydroxyl groups is 1. The van der Waals surface area contributed by atoms with E-state index in [1.54, 1.807) is 4.90 Å². The molecule has 2 heteroatoms. The van der Waals surface area contributed by atoms with Gasteiger partial charge in [0.1, 0.15) is 6.23 Å². The molecule has 0 amide bonds. The topological polar surface area (TPSA) is 23.5 Å². The lowest BCUT2D eigenvalue weighted by molar-refractivity contribution is 0.113. The van der Waals surface area contributed by atoms with Gasteiger partial charge in [-0.2, -0.15) is 0 Å². The molecule has 0 aromatic carbocycles. The number of hydrogen-bond acceptors (Lipinski definition) is 2. The minimum atomic E-state index is -0.590. The van der Waals surface area contributed by atoms with Crippen molar-refractivity contribution in [1.82, 2.24) is 4.90 Å². The lowest BCUT2D eigenvalue weighted by Gasteiger charge is -2.21. The summed E-state index contributed by atoms with van der Waals surface area (Å²) in [7, 11) is 0. The molecule has 1 atom stereocenters. The first kappa shape index (κ1) is 7.09. The van der Waals surface area contributed by atoms with Crippen LogP contribution >= 0.6 is 0 Å². The standard InChI is InChI=1S/C8H11NO/c1-2-8(10)9-6-4-3-5-7-9/h2,4-8,10H,1,3H2. The molecule has 54 valence electrons. The molecule has 0 bridgehead atoms. The van der Waals surface area contributed by atoms with Crippen LogP contribution in [0.25, 0.3) is 0 Å². The monoisotopic (exact) mass is 137 g/mol. The summed E-state index contributed by atoms with van der Waals surface area (Å²) < 4.78 is 0. The van der Waals surface area contributed by atoms with E-state index in [0.717, 1.165) is 6.42 Å². The fourth-order valence-electron chi connectivity index (χ4n) is 0.791. The first-order valence-corrected chi connectivity index (χ1v) is 3.26. The maximum absolute atomic E-state index is 9.19. The van der Waals surface area contributed by atoms with Crippen molar-refractivity contribution in [2.75, 3.05) is 0 Å². The second-order valence-corrected chi connectivity index (χ2v) is 2.10. The van der Waals surface area contributed by atoms with E-state index in [0.29, 0.717) is 0 Å². The summed E-state index contributed by atoms with van der Waals surface area (Å²) in [6, 6.07) is 0. The Labute approximate surface area is 60.8 Å². The van der Waals surface area contributed by atoms with Crippen LogP contribution in [0.4, 0.5) is 0 Å². The summed E-state index contributed by atoms with van der Waals surface area (Å²) >= 11 is 0. The molecule has 1 N–H and O–H groups in total. The van der Waals surface area contributed by atoms with Crippen molar-refractivity contribution >= 4 is 0 Å². The normalized spacial score (nSPS) is 19.1. The van der Waals surface area contributed by atoms with Gasteiger partial charge in [-0.15, -0.1) is 0 Å². The van der Waals surface area contributed by atoms with Crippen LogP contribution < -0.4 is 0 Å². The van der Waals surface area contributed by atoms with Gasteiger partial charge in [0.15, 0.2) is 0 Å². The molecule has 0 aromatic heterocycles. The van der Waals surface area contributed by atoms with Gasteiger partial charge in [0, 0.05) is 12.4 Å². The van der Waals surface area contributed by atoms with Gasteiger partial charge in [0.05, 0.1) is 0 Å². The zero-order chi connectivity index (χ0) is 7.40. The van der Waals surface area contributed by atoms with E-state index in [1.165, 1.54) is 6.08 Å². The molecule has 1 aliphatic heterocycles. The van der Waals surface area contributed by atoms with Crippen molar-refractivity contribution in [2.45, 2.75) is 12.6 Å². The fraction of sp³-hybridized carbons (Fsp3) is 0.250. The Morgan fingerprint density at radius 2 is 2.10 bits per heavy atom. The van der Waals surface area contributed by atoms with Crippen LogP contribution in [0.1, 0.15) is 6.42 Å². The molecular formula is C8H11NO. The molecule has 1 heterocycles. The van der Waals surface area contributed by atoms with Crippen molar-refractivity contribution in [3.8, 4) is 0 Å². The van der Waals surface area contributed by atoms with Gasteiger partial charge in [0.25, 0.3) is 0 Å². The maximum Gasteiger partial charge on any atom is 0.149 e. The molecule has 10 heavy (non-hydrogen) atoms. The van der Waals surface area contributed by atoms with Crippen molar-refractivity contribution in [2.24, 2.45) is 0 Å². The first-order chi connectivity index (χ1) is 4.84. The Kier molecular flexibility index (Phi) is 2.29. The highest BCUT2D eigenvalue weighted by Crippen LogP contribution is 2.05. The summed E-state index contributed by atoms with van der Waals surface area (Å²) in [6.45, 7) is 3.48. The number of allylic oxidation sites excluding steroid dienone is 2. The van der Waals surface area contributed by atoms with Gasteiger partial charge in [0.2, 0.25) is 0 Å². The quantitative estimate of drug-likeness (QED) is 0.578. The lowest BCUT2D eigenvalue weighted by atomic mass is 10.3. The average Bonchev–Trinajstić information content (AvgIpc) is 2.05. The van der Waals surface area contributed by atoms with Crippen LogP contribution in [0.5, 0.6) is 0 Å². The summed E-state index contributed by atoms with van der Waals surface area (Å²) in [6.07, 6.45) is 9.48. The summed E-state index contributed by atoms with van der Waals surface area (Å²) in [4.78, 5) is 1.69. The van der Waals surface area contributed by atoms with Crippen LogP contribution in [0.2, 0.25) is 0 Å². The molecule has 1 rings (SSSR count). The smallest absolute Gasteiger partial charge is 0.149 e. The fourth-order valence-corrected chi connectivity index (χ4v) is 0.791. The Hall–Kier alpha value is -1.02. The Morgan fingerprint density at radius 1 is 1.50 bits per heavy atom. The van der Waals surface area contributed by atoms with Gasteiger partial charge in [-0.05, 0) is 12.5 Å². The van der Waals surface area contributed by atoms with E-state index in [2.05, 4.69) is 6.58 Å². The highest BCUT2D eigenvalue weighted by Gasteiger charge is 2.03. The summed E-state index contributed by atoms with van der Waals surface area (Å²) in [5.41, 5.74) is 0. The van der Waals surface area contributed by atoms with Crippen LogP contribution in [0.15, 0.2) is 37.2 Å². The van der Waals surface area contributed by atoms with E-state index in [9.17, 15) is 5.11 Å². The second kappa shape index (κ2) is 3.22. The van der Waals surface area contributed by atoms with Crippen LogP contribution in [-0.4, -0.2) is 16.2 Å². The van der Waals surface area contributed by atoms with Gasteiger partial charge < -0.3 is 10.0 Å². The zero-order valence-corrected chi connectivity index (χ0v) is 5.77. The lowest BCUT2D eigenvalue weighted by Crippen LogP contribution is -2.23. The number of aliphatic hydroxyl groups excluding tert-OH is 1. The minimum absolute atomic E-state index is 0.590. The first-order valence-electron chi connectivity index (χ1n) is 3.26. The predicted molar refractivity (Wildman–Crippen MR) is 40.9 cm³/mol. The molecule has 2 nitrogen and oxygen atoms in total. The van der Waals surface area contributed by atoms with Gasteiger partial charge in [-0.3, -0.25) is 0 Å². The van der Waals surface area contributed by atoms with E-state index in [1.807, 2.05) is 24.6 Å². The molecule has 1 aliphatic rings. The number of nitrogens with zero attached hydrogens (tertiary/aromatic N) is 1. The molecule has 0 saturated heterocycles. The Bertz CT molecular complexity index is 160. The SMILES string of the molecule is C=CC(O)N1C=CCC=C1. The molecule has 0 saturated carbocycles. The third-order valence-corrected chi connectivity index (χ3v) is 1.34.